The number of fused-ring (bicyclic) bond motifs is 1. The molecule has 0 saturated heterocycles. The molecule has 6 nitrogen and oxygen atoms in total. The number of hydrogen-bond donors (Lipinski definition) is 1. The van der Waals surface area contributed by atoms with Gasteiger partial charge in [0.1, 0.15) is 11.4 Å². The molecule has 0 aliphatic heterocycles. The van der Waals surface area contributed by atoms with E-state index in [0.29, 0.717) is 21.8 Å². The van der Waals surface area contributed by atoms with Crippen LogP contribution in [0.15, 0.2) is 79.3 Å². The summed E-state index contributed by atoms with van der Waals surface area (Å²) in [5, 5.41) is 8.06. The van der Waals surface area contributed by atoms with Gasteiger partial charge in [0.05, 0.1) is 23.6 Å². The van der Waals surface area contributed by atoms with E-state index in [4.69, 9.17) is 23.2 Å². The van der Waals surface area contributed by atoms with E-state index in [-0.39, 0.29) is 33.7 Å². The summed E-state index contributed by atoms with van der Waals surface area (Å²) >= 11 is 12.5. The smallest absolute Gasteiger partial charge is 0.257 e. The van der Waals surface area contributed by atoms with Gasteiger partial charge in [-0.3, -0.25) is 9.78 Å². The van der Waals surface area contributed by atoms with Crippen LogP contribution in [0.5, 0.6) is 0 Å². The van der Waals surface area contributed by atoms with Crippen molar-refractivity contribution in [3.63, 3.8) is 0 Å². The lowest BCUT2D eigenvalue weighted by Gasteiger charge is -2.15. The molecule has 3 heterocycles. The Balaban J connectivity index is 1.66. The highest BCUT2D eigenvalue weighted by molar-refractivity contribution is 6.33. The molecule has 35 heavy (non-hydrogen) atoms. The number of halogens is 3. The van der Waals surface area contributed by atoms with Crippen LogP contribution in [0.25, 0.3) is 28.0 Å². The lowest BCUT2D eigenvalue weighted by Crippen LogP contribution is -2.27. The molecule has 0 aliphatic carbocycles. The van der Waals surface area contributed by atoms with Gasteiger partial charge in [0.25, 0.3) is 5.91 Å². The van der Waals surface area contributed by atoms with E-state index in [1.807, 2.05) is 31.2 Å². The van der Waals surface area contributed by atoms with Crippen LogP contribution in [0.4, 0.5) is 4.39 Å². The zero-order valence-electron chi connectivity index (χ0n) is 18.4. The van der Waals surface area contributed by atoms with Crippen molar-refractivity contribution in [1.82, 2.24) is 24.9 Å². The van der Waals surface area contributed by atoms with Crippen molar-refractivity contribution in [3.8, 4) is 22.4 Å². The van der Waals surface area contributed by atoms with E-state index in [9.17, 15) is 4.79 Å². The Morgan fingerprint density at radius 3 is 2.51 bits per heavy atom. The quantitative estimate of drug-likeness (QED) is 0.300. The number of nitrogens with zero attached hydrogens (tertiary/aromatic N) is 4. The number of aromatic nitrogens is 4. The van der Waals surface area contributed by atoms with Crippen LogP contribution in [0.1, 0.15) is 29.0 Å². The van der Waals surface area contributed by atoms with Crippen molar-refractivity contribution in [2.75, 3.05) is 0 Å². The molecule has 0 fully saturated rings. The number of amides is 1. The van der Waals surface area contributed by atoms with Gasteiger partial charge in [-0.15, -0.1) is 0 Å². The van der Waals surface area contributed by atoms with Gasteiger partial charge >= 0.3 is 0 Å². The number of nitrogens with one attached hydrogen (secondary N) is 1. The third-order valence-corrected chi connectivity index (χ3v) is 6.17. The SMILES string of the molecule is CC(NC(=O)c1cnn2c(-c3ccc(Cl)cc3F)c(-c3ccccc3Cl)cnc12)c1ccccn1. The summed E-state index contributed by atoms with van der Waals surface area (Å²) in [7, 11) is 0. The van der Waals surface area contributed by atoms with Gasteiger partial charge < -0.3 is 5.32 Å². The number of rotatable bonds is 5. The van der Waals surface area contributed by atoms with Crippen molar-refractivity contribution < 1.29 is 9.18 Å². The maximum Gasteiger partial charge on any atom is 0.257 e. The van der Waals surface area contributed by atoms with Crippen LogP contribution in [0.2, 0.25) is 10.0 Å². The molecule has 3 aromatic heterocycles. The fourth-order valence-corrected chi connectivity index (χ4v) is 4.29. The van der Waals surface area contributed by atoms with Gasteiger partial charge in [0.15, 0.2) is 5.65 Å². The van der Waals surface area contributed by atoms with Gasteiger partial charge in [-0.2, -0.15) is 5.10 Å². The molecule has 174 valence electrons. The lowest BCUT2D eigenvalue weighted by atomic mass is 10.00. The summed E-state index contributed by atoms with van der Waals surface area (Å²) in [6, 6.07) is 16.7. The Hall–Kier alpha value is -3.81. The maximum atomic E-state index is 15.1. The van der Waals surface area contributed by atoms with Gasteiger partial charge in [0, 0.05) is 39.1 Å². The molecule has 0 spiro atoms. The molecule has 1 unspecified atom stereocenters. The van der Waals surface area contributed by atoms with Crippen molar-refractivity contribution >= 4 is 34.8 Å². The normalized spacial score (nSPS) is 12.0. The van der Waals surface area contributed by atoms with E-state index in [0.717, 1.165) is 5.69 Å². The molecule has 1 amide bonds. The fraction of sp³-hybridized carbons (Fsp3) is 0.0769. The molecule has 0 aliphatic rings. The number of pyridine rings is 1. The molecular formula is C26H18Cl2FN5O. The van der Waals surface area contributed by atoms with E-state index in [1.165, 1.54) is 16.8 Å². The molecule has 0 radical (unpaired) electrons. The Morgan fingerprint density at radius 1 is 0.971 bits per heavy atom. The second-order valence-electron chi connectivity index (χ2n) is 7.87. The highest BCUT2D eigenvalue weighted by Crippen LogP contribution is 2.37. The van der Waals surface area contributed by atoms with E-state index in [2.05, 4.69) is 20.4 Å². The predicted molar refractivity (Wildman–Crippen MR) is 134 cm³/mol. The van der Waals surface area contributed by atoms with Gasteiger partial charge in [-0.05, 0) is 43.3 Å². The third kappa shape index (κ3) is 4.36. The third-order valence-electron chi connectivity index (χ3n) is 5.60. The summed E-state index contributed by atoms with van der Waals surface area (Å²) in [4.78, 5) is 21.9. The summed E-state index contributed by atoms with van der Waals surface area (Å²) in [6.45, 7) is 1.84. The van der Waals surface area contributed by atoms with Crippen LogP contribution < -0.4 is 5.32 Å². The predicted octanol–water partition coefficient (Wildman–Crippen LogP) is 6.40. The Morgan fingerprint density at radius 2 is 1.77 bits per heavy atom. The zero-order chi connectivity index (χ0) is 24.5. The van der Waals surface area contributed by atoms with Crippen LogP contribution in [-0.4, -0.2) is 25.5 Å². The first-order valence-corrected chi connectivity index (χ1v) is 11.5. The summed E-state index contributed by atoms with van der Waals surface area (Å²) in [5.74, 6) is -0.915. The minimum atomic E-state index is -0.538. The average molecular weight is 506 g/mol. The summed E-state index contributed by atoms with van der Waals surface area (Å²) < 4.78 is 16.6. The first kappa shape index (κ1) is 23.0. The molecular weight excluding hydrogens is 488 g/mol. The minimum absolute atomic E-state index is 0.244. The van der Waals surface area contributed by atoms with Crippen molar-refractivity contribution in [1.29, 1.82) is 0 Å². The molecule has 5 aromatic rings. The first-order valence-electron chi connectivity index (χ1n) is 10.7. The van der Waals surface area contributed by atoms with Gasteiger partial charge in [0.2, 0.25) is 0 Å². The largest absolute Gasteiger partial charge is 0.344 e. The highest BCUT2D eigenvalue weighted by Gasteiger charge is 2.23. The Kier molecular flexibility index (Phi) is 6.19. The van der Waals surface area contributed by atoms with E-state index < -0.39 is 5.82 Å². The average Bonchev–Trinajstić information content (AvgIpc) is 3.29. The number of carbonyl (C=O) groups excluding carboxylic acids is 1. The van der Waals surface area contributed by atoms with Crippen molar-refractivity contribution in [2.45, 2.75) is 13.0 Å². The van der Waals surface area contributed by atoms with Crippen LogP contribution in [-0.2, 0) is 0 Å². The van der Waals surface area contributed by atoms with Crippen molar-refractivity contribution in [3.05, 3.63) is 106 Å². The van der Waals surface area contributed by atoms with Crippen LogP contribution in [0.3, 0.4) is 0 Å². The lowest BCUT2D eigenvalue weighted by molar-refractivity contribution is 0.0940. The zero-order valence-corrected chi connectivity index (χ0v) is 19.9. The van der Waals surface area contributed by atoms with Gasteiger partial charge in [-0.25, -0.2) is 13.9 Å². The Bertz CT molecular complexity index is 1550. The topological polar surface area (TPSA) is 72.2 Å². The minimum Gasteiger partial charge on any atom is -0.344 e. The van der Waals surface area contributed by atoms with E-state index in [1.54, 1.807) is 42.7 Å². The van der Waals surface area contributed by atoms with E-state index >= 15 is 4.39 Å². The highest BCUT2D eigenvalue weighted by atomic mass is 35.5. The standard InChI is InChI=1S/C26H18Cl2FN5O/c1-15(23-8-4-5-11-30-23)33-26(35)20-14-32-34-24(18-10-9-16(27)12-22(18)29)19(13-31-25(20)34)17-6-2-3-7-21(17)28/h2-15H,1H3,(H,33,35). The van der Waals surface area contributed by atoms with Gasteiger partial charge in [-0.1, -0.05) is 47.5 Å². The second-order valence-corrected chi connectivity index (χ2v) is 8.71. The molecule has 0 saturated carbocycles. The first-order chi connectivity index (χ1) is 16.9. The fourth-order valence-electron chi connectivity index (χ4n) is 3.89. The molecule has 2 aromatic carbocycles. The molecule has 1 atom stereocenters. The second kappa shape index (κ2) is 9.44. The Labute approximate surface area is 210 Å². The molecule has 5 rings (SSSR count). The molecule has 1 N–H and O–H groups in total. The monoisotopic (exact) mass is 505 g/mol. The summed E-state index contributed by atoms with van der Waals surface area (Å²) in [6.07, 6.45) is 4.65. The molecule has 0 bridgehead atoms. The summed E-state index contributed by atoms with van der Waals surface area (Å²) in [5.41, 5.74) is 3.09. The number of carbonyl (C=O) groups is 1. The number of benzene rings is 2. The maximum absolute atomic E-state index is 15.1. The van der Waals surface area contributed by atoms with Crippen LogP contribution in [0, 0.1) is 5.82 Å². The molecule has 9 heteroatoms. The van der Waals surface area contributed by atoms with Crippen molar-refractivity contribution in [2.24, 2.45) is 0 Å². The van der Waals surface area contributed by atoms with Crippen LogP contribution >= 0.6 is 23.2 Å². The number of hydrogen-bond acceptors (Lipinski definition) is 4.